The topological polar surface area (TPSA) is 65.7 Å². The van der Waals surface area contributed by atoms with E-state index in [1.54, 1.807) is 18.2 Å². The van der Waals surface area contributed by atoms with Crippen LogP contribution < -0.4 is 10.6 Å². The summed E-state index contributed by atoms with van der Waals surface area (Å²) in [7, 11) is 0. The highest BCUT2D eigenvalue weighted by Gasteiger charge is 2.29. The third kappa shape index (κ3) is 3.35. The Hall–Kier alpha value is -3.24. The van der Waals surface area contributed by atoms with Crippen LogP contribution >= 0.6 is 0 Å². The number of fused-ring (bicyclic) bond motifs is 1. The van der Waals surface area contributed by atoms with E-state index in [0.29, 0.717) is 24.5 Å². The van der Waals surface area contributed by atoms with E-state index in [1.165, 1.54) is 24.3 Å². The standard InChI is InChI=1S/C21H19F2N5/c1-21(2)12-28-18(11-25-21)27-19(13-3-5-15(22)6-4-13)20(28)26-16-7-8-17(23)14(9-16)10-24/h3-9,25-26H,11-12H2,1-2H3. The van der Waals surface area contributed by atoms with E-state index in [-0.39, 0.29) is 16.9 Å². The van der Waals surface area contributed by atoms with Gasteiger partial charge in [-0.15, -0.1) is 0 Å². The van der Waals surface area contributed by atoms with Crippen molar-refractivity contribution in [3.8, 4) is 17.3 Å². The minimum Gasteiger partial charge on any atom is -0.340 e. The van der Waals surface area contributed by atoms with Crippen molar-refractivity contribution in [2.24, 2.45) is 0 Å². The molecule has 0 radical (unpaired) electrons. The lowest BCUT2D eigenvalue weighted by Crippen LogP contribution is -2.47. The van der Waals surface area contributed by atoms with E-state index in [9.17, 15) is 8.78 Å². The molecule has 3 aromatic rings. The number of rotatable bonds is 3. The third-order valence-corrected chi connectivity index (χ3v) is 4.79. The maximum Gasteiger partial charge on any atom is 0.141 e. The molecule has 1 aromatic heterocycles. The predicted octanol–water partition coefficient (Wildman–Crippen LogP) is 4.33. The van der Waals surface area contributed by atoms with Crippen LogP contribution in [0.5, 0.6) is 0 Å². The zero-order valence-corrected chi connectivity index (χ0v) is 15.6. The molecule has 28 heavy (non-hydrogen) atoms. The lowest BCUT2D eigenvalue weighted by Gasteiger charge is -2.33. The van der Waals surface area contributed by atoms with E-state index >= 15 is 0 Å². The molecule has 4 rings (SSSR count). The summed E-state index contributed by atoms with van der Waals surface area (Å²) in [5.41, 5.74) is 1.86. The zero-order valence-electron chi connectivity index (χ0n) is 15.6. The molecule has 7 heteroatoms. The molecule has 2 aromatic carbocycles. The van der Waals surface area contributed by atoms with Gasteiger partial charge in [0.25, 0.3) is 0 Å². The molecule has 0 atom stereocenters. The maximum atomic E-state index is 13.7. The molecule has 0 unspecified atom stereocenters. The van der Waals surface area contributed by atoms with Crippen LogP contribution in [0.15, 0.2) is 42.5 Å². The monoisotopic (exact) mass is 379 g/mol. The van der Waals surface area contributed by atoms with Crippen molar-refractivity contribution in [3.05, 3.63) is 65.5 Å². The molecule has 0 spiro atoms. The summed E-state index contributed by atoms with van der Waals surface area (Å²) in [5, 5.41) is 15.8. The fourth-order valence-electron chi connectivity index (χ4n) is 3.34. The van der Waals surface area contributed by atoms with Crippen LogP contribution in [-0.2, 0) is 13.1 Å². The minimum atomic E-state index is -0.563. The van der Waals surface area contributed by atoms with Crippen molar-refractivity contribution in [1.82, 2.24) is 14.9 Å². The van der Waals surface area contributed by atoms with Crippen molar-refractivity contribution in [1.29, 1.82) is 5.26 Å². The molecule has 2 N–H and O–H groups in total. The van der Waals surface area contributed by atoms with Crippen molar-refractivity contribution >= 4 is 11.5 Å². The molecule has 1 aliphatic rings. The molecule has 0 aliphatic carbocycles. The second kappa shape index (κ2) is 6.73. The average Bonchev–Trinajstić information content (AvgIpc) is 3.00. The van der Waals surface area contributed by atoms with Crippen molar-refractivity contribution in [2.45, 2.75) is 32.5 Å². The van der Waals surface area contributed by atoms with E-state index < -0.39 is 5.82 Å². The maximum absolute atomic E-state index is 13.7. The summed E-state index contributed by atoms with van der Waals surface area (Å²) in [4.78, 5) is 4.75. The summed E-state index contributed by atoms with van der Waals surface area (Å²) < 4.78 is 29.2. The van der Waals surface area contributed by atoms with Gasteiger partial charge in [-0.05, 0) is 56.3 Å². The summed E-state index contributed by atoms with van der Waals surface area (Å²) in [6.07, 6.45) is 0. The van der Waals surface area contributed by atoms with Gasteiger partial charge in [0.2, 0.25) is 0 Å². The van der Waals surface area contributed by atoms with Crippen LogP contribution in [0.3, 0.4) is 0 Å². The van der Waals surface area contributed by atoms with Crippen LogP contribution in [0.25, 0.3) is 11.3 Å². The van der Waals surface area contributed by atoms with Gasteiger partial charge in [0.1, 0.15) is 35.0 Å². The quantitative estimate of drug-likeness (QED) is 0.711. The Kier molecular flexibility index (Phi) is 4.36. The van der Waals surface area contributed by atoms with Crippen LogP contribution in [0.2, 0.25) is 0 Å². The van der Waals surface area contributed by atoms with E-state index in [0.717, 1.165) is 17.2 Å². The van der Waals surface area contributed by atoms with Gasteiger partial charge in [-0.1, -0.05) is 0 Å². The first-order valence-electron chi connectivity index (χ1n) is 8.93. The highest BCUT2D eigenvalue weighted by molar-refractivity contribution is 5.77. The van der Waals surface area contributed by atoms with Gasteiger partial charge in [-0.2, -0.15) is 5.26 Å². The number of hydrogen-bond acceptors (Lipinski definition) is 4. The average molecular weight is 379 g/mol. The highest BCUT2D eigenvalue weighted by atomic mass is 19.1. The first kappa shape index (κ1) is 18.1. The van der Waals surface area contributed by atoms with Crippen LogP contribution in [-0.4, -0.2) is 15.1 Å². The molecule has 142 valence electrons. The van der Waals surface area contributed by atoms with Gasteiger partial charge < -0.3 is 15.2 Å². The number of aromatic nitrogens is 2. The summed E-state index contributed by atoms with van der Waals surface area (Å²) in [6, 6.07) is 12.3. The molecule has 0 bridgehead atoms. The molecule has 5 nitrogen and oxygen atoms in total. The molecule has 0 fully saturated rings. The van der Waals surface area contributed by atoms with Crippen LogP contribution in [0.1, 0.15) is 25.2 Å². The molecule has 0 saturated carbocycles. The first-order valence-corrected chi connectivity index (χ1v) is 8.93. The number of hydrogen-bond donors (Lipinski definition) is 2. The smallest absolute Gasteiger partial charge is 0.141 e. The Morgan fingerprint density at radius 1 is 1.18 bits per heavy atom. The Morgan fingerprint density at radius 2 is 1.93 bits per heavy atom. The number of anilines is 2. The summed E-state index contributed by atoms with van der Waals surface area (Å²) >= 11 is 0. The normalized spacial score (nSPS) is 15.0. The largest absolute Gasteiger partial charge is 0.340 e. The van der Waals surface area contributed by atoms with Gasteiger partial charge in [-0.25, -0.2) is 13.8 Å². The first-order chi connectivity index (χ1) is 13.4. The lowest BCUT2D eigenvalue weighted by atomic mass is 10.0. The van der Waals surface area contributed by atoms with E-state index in [4.69, 9.17) is 10.2 Å². The van der Waals surface area contributed by atoms with Crippen molar-refractivity contribution in [3.63, 3.8) is 0 Å². The van der Waals surface area contributed by atoms with Crippen LogP contribution in [0.4, 0.5) is 20.3 Å². The van der Waals surface area contributed by atoms with Gasteiger partial charge in [0.15, 0.2) is 0 Å². The number of nitrogens with zero attached hydrogens (tertiary/aromatic N) is 3. The predicted molar refractivity (Wildman–Crippen MR) is 103 cm³/mol. The fourth-order valence-corrected chi connectivity index (χ4v) is 3.34. The number of nitrogens with one attached hydrogen (secondary N) is 2. The van der Waals surface area contributed by atoms with Gasteiger partial charge in [0, 0.05) is 23.3 Å². The van der Waals surface area contributed by atoms with Gasteiger partial charge >= 0.3 is 0 Å². The number of imidazole rings is 1. The molecular weight excluding hydrogens is 360 g/mol. The molecule has 1 aliphatic heterocycles. The minimum absolute atomic E-state index is 0.0336. The molecule has 0 saturated heterocycles. The Balaban J connectivity index is 1.83. The van der Waals surface area contributed by atoms with Crippen molar-refractivity contribution in [2.75, 3.05) is 5.32 Å². The van der Waals surface area contributed by atoms with E-state index in [1.807, 2.05) is 6.07 Å². The molecule has 0 amide bonds. The zero-order chi connectivity index (χ0) is 19.9. The molecular formula is C21H19F2N5. The number of benzene rings is 2. The fraction of sp³-hybridized carbons (Fsp3) is 0.238. The Bertz CT molecular complexity index is 1080. The van der Waals surface area contributed by atoms with Crippen LogP contribution in [0, 0.1) is 23.0 Å². The Morgan fingerprint density at radius 3 is 2.64 bits per heavy atom. The van der Waals surface area contributed by atoms with Gasteiger partial charge in [0.05, 0.1) is 12.1 Å². The second-order valence-electron chi connectivity index (χ2n) is 7.49. The third-order valence-electron chi connectivity index (χ3n) is 4.79. The number of halogens is 2. The SMILES string of the molecule is CC1(C)Cn2c(nc(-c3ccc(F)cc3)c2Nc2ccc(F)c(C#N)c2)CN1. The lowest BCUT2D eigenvalue weighted by molar-refractivity contribution is 0.292. The Labute approximate surface area is 161 Å². The highest BCUT2D eigenvalue weighted by Crippen LogP contribution is 2.34. The second-order valence-corrected chi connectivity index (χ2v) is 7.49. The van der Waals surface area contributed by atoms with E-state index in [2.05, 4.69) is 29.0 Å². The summed E-state index contributed by atoms with van der Waals surface area (Å²) in [5.74, 6) is 0.699. The molecule has 2 heterocycles. The van der Waals surface area contributed by atoms with Crippen molar-refractivity contribution < 1.29 is 8.78 Å². The summed E-state index contributed by atoms with van der Waals surface area (Å²) in [6.45, 7) is 5.47. The van der Waals surface area contributed by atoms with Gasteiger partial charge in [-0.3, -0.25) is 0 Å². The number of nitriles is 1.